The first-order valence-electron chi connectivity index (χ1n) is 5.24. The Labute approximate surface area is 95.3 Å². The lowest BCUT2D eigenvalue weighted by Crippen LogP contribution is -2.44. The van der Waals surface area contributed by atoms with Crippen molar-refractivity contribution in [3.05, 3.63) is 17.0 Å². The highest BCUT2D eigenvalue weighted by Crippen LogP contribution is 2.12. The molecule has 0 aliphatic carbocycles. The molecule has 0 bridgehead atoms. The maximum absolute atomic E-state index is 5.35. The SMILES string of the molecule is Cc1noc(C)c1CN=C(NN)NC(C)C. The number of hydrazine groups is 1. The molecule has 1 aromatic rings. The van der Waals surface area contributed by atoms with E-state index in [1.807, 2.05) is 27.7 Å². The van der Waals surface area contributed by atoms with E-state index in [-0.39, 0.29) is 6.04 Å². The molecule has 0 spiro atoms. The van der Waals surface area contributed by atoms with Crippen LogP contribution in [0.25, 0.3) is 0 Å². The van der Waals surface area contributed by atoms with Crippen molar-refractivity contribution >= 4 is 5.96 Å². The van der Waals surface area contributed by atoms with Gasteiger partial charge >= 0.3 is 0 Å². The predicted molar refractivity (Wildman–Crippen MR) is 62.7 cm³/mol. The van der Waals surface area contributed by atoms with Gasteiger partial charge in [0.25, 0.3) is 0 Å². The maximum Gasteiger partial charge on any atom is 0.206 e. The summed E-state index contributed by atoms with van der Waals surface area (Å²) in [7, 11) is 0. The molecule has 0 aliphatic heterocycles. The number of nitrogens with one attached hydrogen (secondary N) is 2. The Kier molecular flexibility index (Phi) is 4.30. The fourth-order valence-corrected chi connectivity index (χ4v) is 1.29. The maximum atomic E-state index is 5.35. The summed E-state index contributed by atoms with van der Waals surface area (Å²) < 4.78 is 5.05. The predicted octanol–water partition coefficient (Wildman–Crippen LogP) is 0.609. The second-order valence-corrected chi connectivity index (χ2v) is 3.91. The van der Waals surface area contributed by atoms with Gasteiger partial charge in [0.2, 0.25) is 5.96 Å². The van der Waals surface area contributed by atoms with Crippen molar-refractivity contribution in [2.24, 2.45) is 10.8 Å². The molecular formula is C10H19N5O. The summed E-state index contributed by atoms with van der Waals surface area (Å²) in [4.78, 5) is 4.32. The Balaban J connectivity index is 2.70. The summed E-state index contributed by atoms with van der Waals surface area (Å²) >= 11 is 0. The second-order valence-electron chi connectivity index (χ2n) is 3.91. The molecule has 16 heavy (non-hydrogen) atoms. The number of hydrogen-bond donors (Lipinski definition) is 3. The number of guanidine groups is 1. The van der Waals surface area contributed by atoms with Gasteiger partial charge in [0.05, 0.1) is 12.2 Å². The summed E-state index contributed by atoms with van der Waals surface area (Å²) in [6, 6.07) is 0.277. The molecule has 0 amide bonds. The third-order valence-electron chi connectivity index (χ3n) is 2.14. The quantitative estimate of drug-likeness (QED) is 0.303. The molecule has 1 aromatic heterocycles. The third-order valence-corrected chi connectivity index (χ3v) is 2.14. The van der Waals surface area contributed by atoms with E-state index < -0.39 is 0 Å². The van der Waals surface area contributed by atoms with Gasteiger partial charge in [-0.1, -0.05) is 5.16 Å². The number of hydrogen-bond acceptors (Lipinski definition) is 4. The Bertz CT molecular complexity index is 350. The minimum Gasteiger partial charge on any atom is -0.361 e. The van der Waals surface area contributed by atoms with Crippen LogP contribution in [0.3, 0.4) is 0 Å². The Morgan fingerprint density at radius 3 is 2.62 bits per heavy atom. The molecule has 4 N–H and O–H groups in total. The van der Waals surface area contributed by atoms with Crippen molar-refractivity contribution in [3.63, 3.8) is 0 Å². The van der Waals surface area contributed by atoms with Crippen LogP contribution in [0.5, 0.6) is 0 Å². The van der Waals surface area contributed by atoms with Crippen molar-refractivity contribution in [1.29, 1.82) is 0 Å². The van der Waals surface area contributed by atoms with Gasteiger partial charge in [-0.2, -0.15) is 0 Å². The molecule has 1 heterocycles. The Morgan fingerprint density at radius 1 is 1.50 bits per heavy atom. The van der Waals surface area contributed by atoms with Gasteiger partial charge in [-0.3, -0.25) is 5.43 Å². The van der Waals surface area contributed by atoms with E-state index in [4.69, 9.17) is 10.4 Å². The minimum absolute atomic E-state index is 0.277. The van der Waals surface area contributed by atoms with E-state index in [0.29, 0.717) is 12.5 Å². The van der Waals surface area contributed by atoms with E-state index in [1.54, 1.807) is 0 Å². The molecule has 0 radical (unpaired) electrons. The van der Waals surface area contributed by atoms with E-state index >= 15 is 0 Å². The summed E-state index contributed by atoms with van der Waals surface area (Å²) in [6.45, 7) is 8.30. The van der Waals surface area contributed by atoms with E-state index in [2.05, 4.69) is 20.9 Å². The zero-order chi connectivity index (χ0) is 12.1. The van der Waals surface area contributed by atoms with Crippen LogP contribution in [0.4, 0.5) is 0 Å². The van der Waals surface area contributed by atoms with Gasteiger partial charge in [0.15, 0.2) is 0 Å². The van der Waals surface area contributed by atoms with Crippen LogP contribution in [0, 0.1) is 13.8 Å². The molecule has 0 atom stereocenters. The number of aryl methyl sites for hydroxylation is 2. The van der Waals surface area contributed by atoms with Crippen LogP contribution in [-0.4, -0.2) is 17.2 Å². The van der Waals surface area contributed by atoms with E-state index in [9.17, 15) is 0 Å². The Morgan fingerprint density at radius 2 is 2.19 bits per heavy atom. The largest absolute Gasteiger partial charge is 0.361 e. The monoisotopic (exact) mass is 225 g/mol. The molecule has 0 aliphatic rings. The third kappa shape index (κ3) is 3.23. The lowest BCUT2D eigenvalue weighted by atomic mass is 10.2. The van der Waals surface area contributed by atoms with Crippen LogP contribution in [0.2, 0.25) is 0 Å². The lowest BCUT2D eigenvalue weighted by molar-refractivity contribution is 0.392. The van der Waals surface area contributed by atoms with Gasteiger partial charge in [-0.05, 0) is 27.7 Å². The summed E-state index contributed by atoms with van der Waals surface area (Å²) in [5.41, 5.74) is 4.38. The highest BCUT2D eigenvalue weighted by molar-refractivity contribution is 5.79. The van der Waals surface area contributed by atoms with Gasteiger partial charge in [0, 0.05) is 11.6 Å². The standard InChI is InChI=1S/C10H19N5O/c1-6(2)13-10(14-11)12-5-9-7(3)15-16-8(9)4/h6H,5,11H2,1-4H3,(H2,12,13,14). The lowest BCUT2D eigenvalue weighted by Gasteiger charge is -2.11. The minimum atomic E-state index is 0.277. The molecule has 0 saturated heterocycles. The van der Waals surface area contributed by atoms with Crippen molar-refractivity contribution < 1.29 is 4.52 Å². The molecule has 6 nitrogen and oxygen atoms in total. The zero-order valence-electron chi connectivity index (χ0n) is 10.2. The molecule has 1 rings (SSSR count). The first-order chi connectivity index (χ1) is 7.54. The van der Waals surface area contributed by atoms with Gasteiger partial charge < -0.3 is 9.84 Å². The number of nitrogens with two attached hydrogens (primary N) is 1. The van der Waals surface area contributed by atoms with E-state index in [0.717, 1.165) is 17.0 Å². The molecular weight excluding hydrogens is 206 g/mol. The zero-order valence-corrected chi connectivity index (χ0v) is 10.2. The number of aliphatic imine (C=N–C) groups is 1. The van der Waals surface area contributed by atoms with Crippen molar-refractivity contribution in [3.8, 4) is 0 Å². The van der Waals surface area contributed by atoms with Crippen LogP contribution in [0.1, 0.15) is 30.9 Å². The topological polar surface area (TPSA) is 88.5 Å². The van der Waals surface area contributed by atoms with Crippen LogP contribution in [-0.2, 0) is 6.54 Å². The van der Waals surface area contributed by atoms with Crippen molar-refractivity contribution in [2.75, 3.05) is 0 Å². The number of rotatable bonds is 3. The van der Waals surface area contributed by atoms with Crippen LogP contribution < -0.4 is 16.6 Å². The van der Waals surface area contributed by atoms with Crippen LogP contribution in [0.15, 0.2) is 9.52 Å². The molecule has 0 unspecified atom stereocenters. The van der Waals surface area contributed by atoms with Gasteiger partial charge in [0.1, 0.15) is 5.76 Å². The average molecular weight is 225 g/mol. The molecule has 6 heteroatoms. The van der Waals surface area contributed by atoms with Gasteiger partial charge in [-0.15, -0.1) is 0 Å². The molecule has 0 aromatic carbocycles. The number of aromatic nitrogens is 1. The van der Waals surface area contributed by atoms with Crippen molar-refractivity contribution in [1.82, 2.24) is 15.9 Å². The fraction of sp³-hybridized carbons (Fsp3) is 0.600. The number of nitrogens with zero attached hydrogens (tertiary/aromatic N) is 2. The highest BCUT2D eigenvalue weighted by Gasteiger charge is 2.08. The normalized spacial score (nSPS) is 12.0. The first-order valence-corrected chi connectivity index (χ1v) is 5.24. The van der Waals surface area contributed by atoms with E-state index in [1.165, 1.54) is 0 Å². The average Bonchev–Trinajstić information content (AvgIpc) is 2.53. The highest BCUT2D eigenvalue weighted by atomic mass is 16.5. The molecule has 0 fully saturated rings. The second kappa shape index (κ2) is 5.50. The molecule has 90 valence electrons. The fourth-order valence-electron chi connectivity index (χ4n) is 1.29. The van der Waals surface area contributed by atoms with Gasteiger partial charge in [-0.25, -0.2) is 10.8 Å². The van der Waals surface area contributed by atoms with Crippen molar-refractivity contribution in [2.45, 2.75) is 40.3 Å². The summed E-state index contributed by atoms with van der Waals surface area (Å²) in [5.74, 6) is 6.71. The Hall–Kier alpha value is -1.56. The first kappa shape index (κ1) is 12.5. The molecule has 0 saturated carbocycles. The smallest absolute Gasteiger partial charge is 0.206 e. The summed E-state index contributed by atoms with van der Waals surface area (Å²) in [6.07, 6.45) is 0. The van der Waals surface area contributed by atoms with Crippen LogP contribution >= 0.6 is 0 Å². The summed E-state index contributed by atoms with van der Waals surface area (Å²) in [5, 5.41) is 6.96.